The van der Waals surface area contributed by atoms with E-state index in [2.05, 4.69) is 15.8 Å². The van der Waals surface area contributed by atoms with Gasteiger partial charge in [0.25, 0.3) is 11.8 Å². The summed E-state index contributed by atoms with van der Waals surface area (Å²) in [5.74, 6) is -0.105. The number of hydrazone groups is 1. The number of amides is 2. The molecule has 0 saturated carbocycles. The molecule has 0 bridgehead atoms. The van der Waals surface area contributed by atoms with Gasteiger partial charge in [-0.05, 0) is 67.1 Å². The Bertz CT molecular complexity index is 1240. The van der Waals surface area contributed by atoms with E-state index < -0.39 is 17.8 Å². The summed E-state index contributed by atoms with van der Waals surface area (Å²) in [6.45, 7) is 1.63. The zero-order valence-corrected chi connectivity index (χ0v) is 19.5. The maximum absolute atomic E-state index is 12.3. The monoisotopic (exact) mass is 475 g/mol. The average molecular weight is 476 g/mol. The van der Waals surface area contributed by atoms with E-state index in [-0.39, 0.29) is 6.54 Å². The molecule has 3 rings (SSSR count). The first-order chi connectivity index (χ1) is 16.9. The van der Waals surface area contributed by atoms with Crippen molar-refractivity contribution in [2.24, 2.45) is 5.10 Å². The molecule has 0 aliphatic rings. The zero-order valence-electron chi connectivity index (χ0n) is 19.5. The van der Waals surface area contributed by atoms with Gasteiger partial charge in [-0.3, -0.25) is 9.59 Å². The number of esters is 1. The van der Waals surface area contributed by atoms with E-state index in [4.69, 9.17) is 14.2 Å². The van der Waals surface area contributed by atoms with Crippen LogP contribution in [0.15, 0.2) is 71.8 Å². The van der Waals surface area contributed by atoms with Gasteiger partial charge in [-0.25, -0.2) is 10.2 Å². The van der Waals surface area contributed by atoms with Crippen molar-refractivity contribution < 1.29 is 28.6 Å². The number of methoxy groups -OCH3 is 2. The fraction of sp³-hybridized carbons (Fsp3) is 0.154. The predicted octanol–water partition coefficient (Wildman–Crippen LogP) is 3.11. The highest BCUT2D eigenvalue weighted by molar-refractivity contribution is 5.97. The second-order valence-electron chi connectivity index (χ2n) is 7.37. The van der Waals surface area contributed by atoms with Crippen molar-refractivity contribution in [3.63, 3.8) is 0 Å². The van der Waals surface area contributed by atoms with E-state index in [1.807, 2.05) is 13.0 Å². The minimum absolute atomic E-state index is 0.266. The quantitative estimate of drug-likeness (QED) is 0.213. The van der Waals surface area contributed by atoms with E-state index in [9.17, 15) is 14.4 Å². The van der Waals surface area contributed by atoms with Gasteiger partial charge in [-0.15, -0.1) is 0 Å². The molecular formula is C26H25N3O6. The Morgan fingerprint density at radius 3 is 2.31 bits per heavy atom. The van der Waals surface area contributed by atoms with Crippen molar-refractivity contribution >= 4 is 24.0 Å². The molecule has 0 radical (unpaired) electrons. The minimum atomic E-state index is -0.501. The lowest BCUT2D eigenvalue weighted by molar-refractivity contribution is -0.120. The van der Waals surface area contributed by atoms with Crippen LogP contribution in [-0.4, -0.2) is 44.8 Å². The van der Waals surface area contributed by atoms with Crippen LogP contribution in [0.3, 0.4) is 0 Å². The number of benzene rings is 3. The maximum atomic E-state index is 12.3. The van der Waals surface area contributed by atoms with Crippen LogP contribution in [0.5, 0.6) is 17.2 Å². The first kappa shape index (κ1) is 25.0. The second-order valence-corrected chi connectivity index (χ2v) is 7.37. The second kappa shape index (κ2) is 12.0. The zero-order chi connectivity index (χ0) is 25.2. The molecule has 2 amide bonds. The Labute approximate surface area is 202 Å². The maximum Gasteiger partial charge on any atom is 0.343 e. The summed E-state index contributed by atoms with van der Waals surface area (Å²) in [5, 5.41) is 6.38. The topological polar surface area (TPSA) is 115 Å². The largest absolute Gasteiger partial charge is 0.493 e. The van der Waals surface area contributed by atoms with Crippen LogP contribution in [0, 0.1) is 6.92 Å². The number of hydrogen-bond acceptors (Lipinski definition) is 7. The first-order valence-corrected chi connectivity index (χ1v) is 10.6. The Morgan fingerprint density at radius 2 is 1.63 bits per heavy atom. The van der Waals surface area contributed by atoms with Crippen molar-refractivity contribution in [2.75, 3.05) is 20.8 Å². The molecule has 0 atom stereocenters. The summed E-state index contributed by atoms with van der Waals surface area (Å²) in [6.07, 6.45) is 1.43. The highest BCUT2D eigenvalue weighted by Crippen LogP contribution is 2.27. The third-order valence-corrected chi connectivity index (χ3v) is 4.80. The number of carbonyl (C=O) groups excluding carboxylic acids is 3. The highest BCUT2D eigenvalue weighted by atomic mass is 16.5. The molecule has 3 aromatic carbocycles. The number of nitrogens with zero attached hydrogens (tertiary/aromatic N) is 1. The molecule has 0 aliphatic carbocycles. The van der Waals surface area contributed by atoms with Crippen molar-refractivity contribution in [3.05, 3.63) is 89.0 Å². The van der Waals surface area contributed by atoms with Crippen LogP contribution in [0.1, 0.15) is 31.8 Å². The number of ether oxygens (including phenoxy) is 3. The summed E-state index contributed by atoms with van der Waals surface area (Å²) < 4.78 is 15.7. The average Bonchev–Trinajstić information content (AvgIpc) is 2.87. The van der Waals surface area contributed by atoms with Crippen LogP contribution >= 0.6 is 0 Å². The molecule has 0 spiro atoms. The van der Waals surface area contributed by atoms with Gasteiger partial charge < -0.3 is 19.5 Å². The van der Waals surface area contributed by atoms with E-state index in [1.54, 1.807) is 54.6 Å². The molecule has 2 N–H and O–H groups in total. The molecule has 0 saturated heterocycles. The Morgan fingerprint density at radius 1 is 0.886 bits per heavy atom. The molecule has 0 aliphatic heterocycles. The molecule has 35 heavy (non-hydrogen) atoms. The molecule has 3 aromatic rings. The fourth-order valence-corrected chi connectivity index (χ4v) is 3.02. The Hall–Kier alpha value is -4.66. The van der Waals surface area contributed by atoms with E-state index >= 15 is 0 Å². The van der Waals surface area contributed by atoms with Crippen LogP contribution in [0.4, 0.5) is 0 Å². The highest BCUT2D eigenvalue weighted by Gasteiger charge is 2.12. The van der Waals surface area contributed by atoms with Gasteiger partial charge >= 0.3 is 5.97 Å². The summed E-state index contributed by atoms with van der Waals surface area (Å²) in [5.41, 5.74) is 4.77. The van der Waals surface area contributed by atoms with Crippen molar-refractivity contribution in [3.8, 4) is 17.2 Å². The predicted molar refractivity (Wildman–Crippen MR) is 130 cm³/mol. The molecule has 0 heterocycles. The number of aryl methyl sites for hydroxylation is 1. The van der Waals surface area contributed by atoms with Crippen molar-refractivity contribution in [1.82, 2.24) is 10.7 Å². The molecule has 0 aromatic heterocycles. The molecule has 0 fully saturated rings. The van der Waals surface area contributed by atoms with Gasteiger partial charge in [0, 0.05) is 5.56 Å². The number of rotatable bonds is 9. The Balaban J connectivity index is 1.46. The van der Waals surface area contributed by atoms with Gasteiger partial charge in [0.2, 0.25) is 0 Å². The van der Waals surface area contributed by atoms with Gasteiger partial charge in [-0.2, -0.15) is 5.10 Å². The minimum Gasteiger partial charge on any atom is -0.493 e. The molecule has 0 unspecified atom stereocenters. The summed E-state index contributed by atoms with van der Waals surface area (Å²) in [6, 6.07) is 18.4. The molecular weight excluding hydrogens is 450 g/mol. The van der Waals surface area contributed by atoms with E-state index in [1.165, 1.54) is 26.5 Å². The van der Waals surface area contributed by atoms with Crippen LogP contribution < -0.4 is 25.0 Å². The van der Waals surface area contributed by atoms with Gasteiger partial charge in [0.05, 0.1) is 32.5 Å². The van der Waals surface area contributed by atoms with Crippen LogP contribution in [-0.2, 0) is 4.79 Å². The SMILES string of the molecule is COc1ccc(C(=O)NCC(=O)N/N=C\c2ccc(OC(=O)c3cccc(C)c3)cc2)cc1OC. The fourth-order valence-electron chi connectivity index (χ4n) is 3.02. The third-order valence-electron chi connectivity index (χ3n) is 4.80. The first-order valence-electron chi connectivity index (χ1n) is 10.6. The van der Waals surface area contributed by atoms with E-state index in [0.29, 0.717) is 33.9 Å². The third kappa shape index (κ3) is 7.16. The standard InChI is InChI=1S/C26H25N3O6/c1-17-5-4-6-20(13-17)26(32)35-21-10-7-18(8-11-21)15-28-29-24(30)16-27-25(31)19-9-12-22(33-2)23(14-19)34-3/h4-15H,16H2,1-3H3,(H,27,31)(H,29,30)/b28-15-. The number of carbonyl (C=O) groups is 3. The number of hydrogen-bond donors (Lipinski definition) is 2. The Kier molecular flexibility index (Phi) is 8.55. The van der Waals surface area contributed by atoms with Crippen molar-refractivity contribution in [2.45, 2.75) is 6.92 Å². The summed E-state index contributed by atoms with van der Waals surface area (Å²) in [4.78, 5) is 36.5. The van der Waals surface area contributed by atoms with Crippen LogP contribution in [0.25, 0.3) is 0 Å². The normalized spacial score (nSPS) is 10.5. The van der Waals surface area contributed by atoms with Crippen molar-refractivity contribution in [1.29, 1.82) is 0 Å². The van der Waals surface area contributed by atoms with E-state index in [0.717, 1.165) is 5.56 Å². The summed E-state index contributed by atoms with van der Waals surface area (Å²) in [7, 11) is 2.97. The number of nitrogens with one attached hydrogen (secondary N) is 2. The lowest BCUT2D eigenvalue weighted by atomic mass is 10.1. The lowest BCUT2D eigenvalue weighted by Crippen LogP contribution is -2.34. The van der Waals surface area contributed by atoms with Gasteiger partial charge in [0.1, 0.15) is 5.75 Å². The molecule has 180 valence electrons. The summed E-state index contributed by atoms with van der Waals surface area (Å²) >= 11 is 0. The van der Waals surface area contributed by atoms with Gasteiger partial charge in [0.15, 0.2) is 11.5 Å². The van der Waals surface area contributed by atoms with Gasteiger partial charge in [-0.1, -0.05) is 17.7 Å². The smallest absolute Gasteiger partial charge is 0.343 e. The van der Waals surface area contributed by atoms with Crippen LogP contribution in [0.2, 0.25) is 0 Å². The lowest BCUT2D eigenvalue weighted by Gasteiger charge is -2.09. The molecule has 9 nitrogen and oxygen atoms in total. The molecule has 9 heteroatoms.